The molecule has 34 heavy (non-hydrogen) atoms. The minimum Gasteiger partial charge on any atom is -0.497 e. The van der Waals surface area contributed by atoms with Crippen molar-refractivity contribution in [2.45, 2.75) is 13.5 Å². The second-order valence-corrected chi connectivity index (χ2v) is 7.56. The summed E-state index contributed by atoms with van der Waals surface area (Å²) >= 11 is 0. The third kappa shape index (κ3) is 4.93. The molecule has 2 aromatic heterocycles. The highest BCUT2D eigenvalue weighted by atomic mass is 19.1. The van der Waals surface area contributed by atoms with Crippen LogP contribution in [0, 0.1) is 12.7 Å². The molecular formula is C25H21FN4O4. The van der Waals surface area contributed by atoms with Crippen molar-refractivity contribution in [3.63, 3.8) is 0 Å². The molecule has 2 amide bonds. The molecule has 0 aliphatic rings. The smallest absolute Gasteiger partial charge is 0.261 e. The van der Waals surface area contributed by atoms with Gasteiger partial charge in [-0.15, -0.1) is 0 Å². The van der Waals surface area contributed by atoms with Gasteiger partial charge in [-0.3, -0.25) is 14.4 Å². The van der Waals surface area contributed by atoms with Crippen LogP contribution in [0.3, 0.4) is 0 Å². The standard InChI is InChI=1S/C25H21FN4O4/c1-15-6-11-20-23(32)21(25(33)29-17-9-7-16(26)8-10-17)13-30(24(20)27-15)14-22(31)28-18-4-3-5-19(12-18)34-2/h3-13H,14H2,1-2H3,(H,28,31)(H,29,33). The number of anilines is 2. The molecule has 2 aromatic carbocycles. The molecule has 8 nitrogen and oxygen atoms in total. The molecule has 0 aliphatic heterocycles. The summed E-state index contributed by atoms with van der Waals surface area (Å²) in [6.07, 6.45) is 1.31. The summed E-state index contributed by atoms with van der Waals surface area (Å²) in [5.74, 6) is -0.925. The van der Waals surface area contributed by atoms with Gasteiger partial charge in [0.15, 0.2) is 0 Å². The van der Waals surface area contributed by atoms with E-state index in [1.807, 2.05) is 0 Å². The van der Waals surface area contributed by atoms with Gasteiger partial charge in [-0.25, -0.2) is 9.37 Å². The first kappa shape index (κ1) is 22.7. The molecule has 0 radical (unpaired) electrons. The first-order valence-electron chi connectivity index (χ1n) is 10.4. The predicted octanol–water partition coefficient (Wildman–Crippen LogP) is 3.74. The lowest BCUT2D eigenvalue weighted by Gasteiger charge is -2.14. The molecule has 172 valence electrons. The van der Waals surface area contributed by atoms with Gasteiger partial charge in [0.25, 0.3) is 5.91 Å². The molecule has 0 unspecified atom stereocenters. The number of aromatic nitrogens is 2. The van der Waals surface area contributed by atoms with Crippen molar-refractivity contribution in [3.05, 3.63) is 94.2 Å². The van der Waals surface area contributed by atoms with Gasteiger partial charge in [-0.1, -0.05) is 6.07 Å². The van der Waals surface area contributed by atoms with Gasteiger partial charge in [0.1, 0.15) is 29.3 Å². The lowest BCUT2D eigenvalue weighted by Crippen LogP contribution is -2.27. The van der Waals surface area contributed by atoms with Crippen molar-refractivity contribution in [1.82, 2.24) is 9.55 Å². The van der Waals surface area contributed by atoms with E-state index in [9.17, 15) is 18.8 Å². The van der Waals surface area contributed by atoms with E-state index >= 15 is 0 Å². The maximum absolute atomic E-state index is 13.2. The van der Waals surface area contributed by atoms with Crippen LogP contribution in [0.2, 0.25) is 0 Å². The van der Waals surface area contributed by atoms with Crippen LogP contribution >= 0.6 is 0 Å². The van der Waals surface area contributed by atoms with E-state index in [4.69, 9.17) is 4.74 Å². The Balaban J connectivity index is 1.68. The Morgan fingerprint density at radius 3 is 2.53 bits per heavy atom. The second-order valence-electron chi connectivity index (χ2n) is 7.56. The number of pyridine rings is 2. The number of fused-ring (bicyclic) bond motifs is 1. The van der Waals surface area contributed by atoms with Crippen molar-refractivity contribution >= 4 is 34.2 Å². The SMILES string of the molecule is COc1cccc(NC(=O)Cn2cc(C(=O)Nc3ccc(F)cc3)c(=O)c3ccc(C)nc32)c1. The third-order valence-electron chi connectivity index (χ3n) is 5.07. The number of nitrogens with zero attached hydrogens (tertiary/aromatic N) is 2. The molecule has 0 spiro atoms. The Hall–Kier alpha value is -4.53. The number of nitrogens with one attached hydrogen (secondary N) is 2. The van der Waals surface area contributed by atoms with Gasteiger partial charge in [-0.05, 0) is 55.5 Å². The topological polar surface area (TPSA) is 102 Å². The largest absolute Gasteiger partial charge is 0.497 e. The highest BCUT2D eigenvalue weighted by Crippen LogP contribution is 2.18. The van der Waals surface area contributed by atoms with Crippen LogP contribution in [0.5, 0.6) is 5.75 Å². The van der Waals surface area contributed by atoms with Gasteiger partial charge in [0.2, 0.25) is 11.3 Å². The molecule has 0 saturated heterocycles. The van der Waals surface area contributed by atoms with Crippen LogP contribution in [-0.4, -0.2) is 28.5 Å². The molecule has 4 aromatic rings. The number of hydrogen-bond donors (Lipinski definition) is 2. The Bertz CT molecular complexity index is 1450. The van der Waals surface area contributed by atoms with E-state index in [2.05, 4.69) is 15.6 Å². The summed E-state index contributed by atoms with van der Waals surface area (Å²) in [5, 5.41) is 5.55. The first-order chi connectivity index (χ1) is 16.3. The highest BCUT2D eigenvalue weighted by Gasteiger charge is 2.18. The number of hydrogen-bond acceptors (Lipinski definition) is 5. The van der Waals surface area contributed by atoms with Crippen LogP contribution < -0.4 is 20.8 Å². The Morgan fingerprint density at radius 1 is 1.03 bits per heavy atom. The zero-order chi connectivity index (χ0) is 24.2. The summed E-state index contributed by atoms with van der Waals surface area (Å²) in [4.78, 5) is 43.1. The van der Waals surface area contributed by atoms with Gasteiger partial charge in [0.05, 0.1) is 12.5 Å². The Morgan fingerprint density at radius 2 is 1.79 bits per heavy atom. The molecule has 9 heteroatoms. The summed E-state index contributed by atoms with van der Waals surface area (Å²) < 4.78 is 19.8. The minimum atomic E-state index is -0.680. The molecular weight excluding hydrogens is 439 g/mol. The van der Waals surface area contributed by atoms with Gasteiger partial charge in [0, 0.05) is 29.3 Å². The molecule has 0 fully saturated rings. The number of carbonyl (C=O) groups is 2. The summed E-state index contributed by atoms with van der Waals surface area (Å²) in [6, 6.07) is 15.3. The maximum atomic E-state index is 13.2. The minimum absolute atomic E-state index is 0.170. The lowest BCUT2D eigenvalue weighted by atomic mass is 10.1. The zero-order valence-electron chi connectivity index (χ0n) is 18.5. The van der Waals surface area contributed by atoms with E-state index in [-0.39, 0.29) is 29.0 Å². The average molecular weight is 460 g/mol. The molecule has 0 aliphatic carbocycles. The molecule has 2 heterocycles. The Kier molecular flexibility index (Phi) is 6.35. The predicted molar refractivity (Wildman–Crippen MR) is 127 cm³/mol. The normalized spacial score (nSPS) is 10.7. The fraction of sp³-hybridized carbons (Fsp3) is 0.120. The quantitative estimate of drug-likeness (QED) is 0.456. The van der Waals surface area contributed by atoms with Crippen LogP contribution in [0.25, 0.3) is 11.0 Å². The number of amides is 2. The zero-order valence-corrected chi connectivity index (χ0v) is 18.5. The summed E-state index contributed by atoms with van der Waals surface area (Å²) in [7, 11) is 1.53. The van der Waals surface area contributed by atoms with Crippen LogP contribution in [-0.2, 0) is 11.3 Å². The van der Waals surface area contributed by atoms with E-state index < -0.39 is 17.2 Å². The fourth-order valence-corrected chi connectivity index (χ4v) is 3.43. The van der Waals surface area contributed by atoms with Crippen molar-refractivity contribution in [3.8, 4) is 5.75 Å². The van der Waals surface area contributed by atoms with E-state index in [1.165, 1.54) is 42.1 Å². The van der Waals surface area contributed by atoms with Crippen molar-refractivity contribution in [2.75, 3.05) is 17.7 Å². The first-order valence-corrected chi connectivity index (χ1v) is 10.4. The molecule has 0 atom stereocenters. The maximum Gasteiger partial charge on any atom is 0.261 e. The average Bonchev–Trinajstić information content (AvgIpc) is 2.82. The van der Waals surface area contributed by atoms with Crippen molar-refractivity contribution < 1.29 is 18.7 Å². The number of carbonyl (C=O) groups excluding carboxylic acids is 2. The number of ether oxygens (including phenoxy) is 1. The monoisotopic (exact) mass is 460 g/mol. The van der Waals surface area contributed by atoms with E-state index in [1.54, 1.807) is 43.3 Å². The third-order valence-corrected chi connectivity index (χ3v) is 5.07. The van der Waals surface area contributed by atoms with Crippen molar-refractivity contribution in [1.29, 1.82) is 0 Å². The molecule has 0 bridgehead atoms. The van der Waals surface area contributed by atoms with Crippen LogP contribution in [0.4, 0.5) is 15.8 Å². The fourth-order valence-electron chi connectivity index (χ4n) is 3.43. The second kappa shape index (κ2) is 9.53. The number of benzene rings is 2. The van der Waals surface area contributed by atoms with Crippen LogP contribution in [0.15, 0.2) is 71.7 Å². The molecule has 2 N–H and O–H groups in total. The highest BCUT2D eigenvalue weighted by molar-refractivity contribution is 6.05. The molecule has 0 saturated carbocycles. The number of rotatable bonds is 6. The number of methoxy groups -OCH3 is 1. The summed E-state index contributed by atoms with van der Waals surface area (Å²) in [6.45, 7) is 1.57. The van der Waals surface area contributed by atoms with E-state index in [0.29, 0.717) is 22.8 Å². The number of halogens is 1. The Labute approximate surface area is 194 Å². The van der Waals surface area contributed by atoms with Gasteiger partial charge < -0.3 is 19.9 Å². The van der Waals surface area contributed by atoms with Crippen LogP contribution in [0.1, 0.15) is 16.1 Å². The lowest BCUT2D eigenvalue weighted by molar-refractivity contribution is -0.116. The van der Waals surface area contributed by atoms with E-state index in [0.717, 1.165) is 0 Å². The van der Waals surface area contributed by atoms with Gasteiger partial charge in [-0.2, -0.15) is 0 Å². The number of aryl methyl sites for hydroxylation is 1. The molecule has 4 rings (SSSR count). The van der Waals surface area contributed by atoms with Gasteiger partial charge >= 0.3 is 0 Å². The van der Waals surface area contributed by atoms with Crippen molar-refractivity contribution in [2.24, 2.45) is 0 Å². The summed E-state index contributed by atoms with van der Waals surface area (Å²) in [5.41, 5.74) is 1.10.